The Morgan fingerprint density at radius 1 is 1.09 bits per heavy atom. The lowest BCUT2D eigenvalue weighted by Gasteiger charge is -2.09. The Bertz CT molecular complexity index is 736. The third kappa shape index (κ3) is 2.57. The minimum absolute atomic E-state index is 0.000343. The summed E-state index contributed by atoms with van der Waals surface area (Å²) in [5, 5.41) is 19.6. The number of phenols is 2. The van der Waals surface area contributed by atoms with E-state index in [-0.39, 0.29) is 36.1 Å². The molecule has 5 heteroatoms. The van der Waals surface area contributed by atoms with Crippen LogP contribution < -0.4 is 9.47 Å². The minimum atomic E-state index is -0.217. The fourth-order valence-electron chi connectivity index (χ4n) is 2.46. The molecule has 0 unspecified atom stereocenters. The molecule has 0 saturated carbocycles. The predicted molar refractivity (Wildman–Crippen MR) is 79.7 cm³/mol. The fraction of sp³-hybridized carbons (Fsp3) is 0.235. The molecule has 0 saturated heterocycles. The number of benzene rings is 2. The highest BCUT2D eigenvalue weighted by molar-refractivity contribution is 6.00. The largest absolute Gasteiger partial charge is 0.508 e. The molecule has 0 aromatic heterocycles. The summed E-state index contributed by atoms with van der Waals surface area (Å²) < 4.78 is 10.5. The monoisotopic (exact) mass is 300 g/mol. The first kappa shape index (κ1) is 14.3. The van der Waals surface area contributed by atoms with Gasteiger partial charge in [0, 0.05) is 12.5 Å². The first-order valence-electron chi connectivity index (χ1n) is 7.05. The third-order valence-electron chi connectivity index (χ3n) is 3.68. The highest BCUT2D eigenvalue weighted by atomic mass is 16.7. The molecule has 114 valence electrons. The molecule has 2 aromatic carbocycles. The Morgan fingerprint density at radius 3 is 2.64 bits per heavy atom. The first-order valence-corrected chi connectivity index (χ1v) is 7.05. The van der Waals surface area contributed by atoms with Crippen molar-refractivity contribution in [2.24, 2.45) is 0 Å². The molecule has 0 amide bonds. The van der Waals surface area contributed by atoms with Crippen molar-refractivity contribution in [3.05, 3.63) is 47.0 Å². The number of fused-ring (bicyclic) bond motifs is 1. The van der Waals surface area contributed by atoms with Gasteiger partial charge in [-0.2, -0.15) is 0 Å². The highest BCUT2D eigenvalue weighted by Crippen LogP contribution is 2.33. The van der Waals surface area contributed by atoms with Crippen LogP contribution in [0.1, 0.15) is 28.4 Å². The minimum Gasteiger partial charge on any atom is -0.508 e. The predicted octanol–water partition coefficient (Wildman–Crippen LogP) is 2.81. The topological polar surface area (TPSA) is 76.0 Å². The molecule has 0 spiro atoms. The zero-order valence-electron chi connectivity index (χ0n) is 12.1. The Hall–Kier alpha value is -2.69. The summed E-state index contributed by atoms with van der Waals surface area (Å²) in [6.45, 7) is 2.06. The maximum Gasteiger partial charge on any atom is 0.231 e. The van der Waals surface area contributed by atoms with Crippen LogP contribution in [0.4, 0.5) is 0 Å². The Balaban J connectivity index is 1.85. The number of ketones is 1. The van der Waals surface area contributed by atoms with E-state index < -0.39 is 0 Å². The van der Waals surface area contributed by atoms with Crippen molar-refractivity contribution in [3.63, 3.8) is 0 Å². The van der Waals surface area contributed by atoms with Gasteiger partial charge in [0.25, 0.3) is 0 Å². The lowest BCUT2D eigenvalue weighted by Crippen LogP contribution is -2.05. The van der Waals surface area contributed by atoms with Crippen LogP contribution in [0, 0.1) is 0 Å². The summed E-state index contributed by atoms with van der Waals surface area (Å²) >= 11 is 0. The Morgan fingerprint density at radius 2 is 1.86 bits per heavy atom. The summed E-state index contributed by atoms with van der Waals surface area (Å²) in [6.07, 6.45) is 0.717. The lowest BCUT2D eigenvalue weighted by atomic mass is 9.98. The van der Waals surface area contributed by atoms with Gasteiger partial charge in [-0.25, -0.2) is 0 Å². The fourth-order valence-corrected chi connectivity index (χ4v) is 2.46. The second-order valence-electron chi connectivity index (χ2n) is 5.14. The van der Waals surface area contributed by atoms with E-state index in [2.05, 4.69) is 0 Å². The van der Waals surface area contributed by atoms with E-state index in [9.17, 15) is 15.0 Å². The standard InChI is InChI=1S/C17H16O5/c1-2-11-7-12(15(20)8-13(11)18)14(19)5-10-3-4-16-17(6-10)22-9-21-16/h3-4,6-8,18,20H,2,5,9H2,1H3. The van der Waals surface area contributed by atoms with E-state index in [1.165, 1.54) is 6.07 Å². The first-order chi connectivity index (χ1) is 10.6. The Kier molecular flexibility index (Phi) is 3.63. The van der Waals surface area contributed by atoms with Crippen LogP contribution in [0.5, 0.6) is 23.0 Å². The van der Waals surface area contributed by atoms with Crippen LogP contribution in [-0.4, -0.2) is 22.8 Å². The molecule has 2 N–H and O–H groups in total. The summed E-state index contributed by atoms with van der Waals surface area (Å²) in [4.78, 5) is 12.4. The van der Waals surface area contributed by atoms with Crippen LogP contribution in [0.2, 0.25) is 0 Å². The summed E-state index contributed by atoms with van der Waals surface area (Å²) in [5.74, 6) is 0.859. The zero-order valence-corrected chi connectivity index (χ0v) is 12.1. The second kappa shape index (κ2) is 5.60. The molecular formula is C17H16O5. The van der Waals surface area contributed by atoms with Gasteiger partial charge in [0.1, 0.15) is 11.5 Å². The van der Waals surface area contributed by atoms with Crippen molar-refractivity contribution in [1.82, 2.24) is 0 Å². The SMILES string of the molecule is CCc1cc(C(=O)Cc2ccc3c(c2)OCO3)c(O)cc1O. The van der Waals surface area contributed by atoms with E-state index >= 15 is 0 Å². The molecule has 5 nitrogen and oxygen atoms in total. The maximum atomic E-state index is 12.4. The van der Waals surface area contributed by atoms with Gasteiger partial charge in [0.15, 0.2) is 17.3 Å². The number of rotatable bonds is 4. The van der Waals surface area contributed by atoms with E-state index in [1.54, 1.807) is 24.3 Å². The van der Waals surface area contributed by atoms with Gasteiger partial charge < -0.3 is 19.7 Å². The molecular weight excluding hydrogens is 284 g/mol. The number of aromatic hydroxyl groups is 2. The van der Waals surface area contributed by atoms with E-state index in [1.807, 2.05) is 6.92 Å². The van der Waals surface area contributed by atoms with E-state index in [0.29, 0.717) is 23.5 Å². The number of hydrogen-bond acceptors (Lipinski definition) is 5. The number of hydrogen-bond donors (Lipinski definition) is 2. The number of phenolic OH excluding ortho intramolecular Hbond substituents is 2. The van der Waals surface area contributed by atoms with Crippen molar-refractivity contribution < 1.29 is 24.5 Å². The van der Waals surface area contributed by atoms with Gasteiger partial charge in [0.2, 0.25) is 6.79 Å². The third-order valence-corrected chi connectivity index (χ3v) is 3.68. The van der Waals surface area contributed by atoms with Gasteiger partial charge in [0.05, 0.1) is 5.56 Å². The summed E-state index contributed by atoms with van der Waals surface area (Å²) in [7, 11) is 0. The lowest BCUT2D eigenvalue weighted by molar-refractivity contribution is 0.0990. The van der Waals surface area contributed by atoms with Crippen LogP contribution >= 0.6 is 0 Å². The molecule has 22 heavy (non-hydrogen) atoms. The molecule has 2 aromatic rings. The van der Waals surface area contributed by atoms with Crippen LogP contribution in [0.15, 0.2) is 30.3 Å². The molecule has 1 aliphatic rings. The average Bonchev–Trinajstić information content (AvgIpc) is 2.94. The molecule has 0 atom stereocenters. The number of carbonyl (C=O) groups excluding carboxylic acids is 1. The van der Waals surface area contributed by atoms with Gasteiger partial charge in [-0.1, -0.05) is 13.0 Å². The van der Waals surface area contributed by atoms with Gasteiger partial charge >= 0.3 is 0 Å². The smallest absolute Gasteiger partial charge is 0.231 e. The van der Waals surface area contributed by atoms with Gasteiger partial charge in [-0.3, -0.25) is 4.79 Å². The van der Waals surface area contributed by atoms with Crippen LogP contribution in [-0.2, 0) is 12.8 Å². The molecule has 0 fully saturated rings. The molecule has 0 aliphatic carbocycles. The van der Waals surface area contributed by atoms with Crippen LogP contribution in [0.3, 0.4) is 0 Å². The number of carbonyl (C=O) groups is 1. The van der Waals surface area contributed by atoms with Crippen molar-refractivity contribution in [2.45, 2.75) is 19.8 Å². The summed E-state index contributed by atoms with van der Waals surface area (Å²) in [5.41, 5.74) is 1.62. The maximum absolute atomic E-state index is 12.4. The quantitative estimate of drug-likeness (QED) is 0.849. The van der Waals surface area contributed by atoms with Crippen molar-refractivity contribution >= 4 is 5.78 Å². The van der Waals surface area contributed by atoms with Crippen molar-refractivity contribution in [1.29, 1.82) is 0 Å². The van der Waals surface area contributed by atoms with Crippen molar-refractivity contribution in [2.75, 3.05) is 6.79 Å². The molecule has 1 aliphatic heterocycles. The normalized spacial score (nSPS) is 12.4. The molecule has 0 radical (unpaired) electrons. The Labute approximate surface area is 127 Å². The second-order valence-corrected chi connectivity index (χ2v) is 5.14. The number of aryl methyl sites for hydroxylation is 1. The van der Waals surface area contributed by atoms with Gasteiger partial charge in [-0.15, -0.1) is 0 Å². The number of Topliss-reactive ketones (excluding diaryl/α,β-unsaturated/α-hetero) is 1. The molecule has 0 bridgehead atoms. The average molecular weight is 300 g/mol. The van der Waals surface area contributed by atoms with Crippen LogP contribution in [0.25, 0.3) is 0 Å². The highest BCUT2D eigenvalue weighted by Gasteiger charge is 2.18. The molecule has 3 rings (SSSR count). The molecule has 1 heterocycles. The number of ether oxygens (including phenoxy) is 2. The van der Waals surface area contributed by atoms with E-state index in [4.69, 9.17) is 9.47 Å². The van der Waals surface area contributed by atoms with Gasteiger partial charge in [-0.05, 0) is 35.7 Å². The van der Waals surface area contributed by atoms with E-state index in [0.717, 1.165) is 5.56 Å². The zero-order chi connectivity index (χ0) is 15.7. The van der Waals surface area contributed by atoms with Crippen molar-refractivity contribution in [3.8, 4) is 23.0 Å². The summed E-state index contributed by atoms with van der Waals surface area (Å²) in [6, 6.07) is 8.08.